The number of aromatic amines is 1. The maximum Gasteiger partial charge on any atom is 0.143 e. The number of hydrogen-bond acceptors (Lipinski definition) is 5. The van der Waals surface area contributed by atoms with Gasteiger partial charge in [-0.2, -0.15) is 0 Å². The van der Waals surface area contributed by atoms with Gasteiger partial charge in [0.15, 0.2) is 0 Å². The molecule has 27 heavy (non-hydrogen) atoms. The van der Waals surface area contributed by atoms with Crippen LogP contribution in [0.2, 0.25) is 0 Å². The maximum atomic E-state index is 6.55. The predicted molar refractivity (Wildman–Crippen MR) is 107 cm³/mol. The van der Waals surface area contributed by atoms with E-state index in [0.29, 0.717) is 5.92 Å². The number of hydrogen-bond donors (Lipinski definition) is 2. The fourth-order valence-corrected chi connectivity index (χ4v) is 4.22. The number of anilines is 1. The first-order valence-electron chi connectivity index (χ1n) is 9.43. The maximum absolute atomic E-state index is 6.55. The zero-order valence-corrected chi connectivity index (χ0v) is 15.0. The molecule has 1 unspecified atom stereocenters. The van der Waals surface area contributed by atoms with Gasteiger partial charge in [0.25, 0.3) is 0 Å². The second-order valence-corrected chi connectivity index (χ2v) is 7.23. The molecule has 3 N–H and O–H groups in total. The molecule has 0 bridgehead atoms. The van der Waals surface area contributed by atoms with Gasteiger partial charge >= 0.3 is 0 Å². The van der Waals surface area contributed by atoms with Gasteiger partial charge in [0.2, 0.25) is 0 Å². The largest absolute Gasteiger partial charge is 0.356 e. The van der Waals surface area contributed by atoms with E-state index in [2.05, 4.69) is 49.1 Å². The van der Waals surface area contributed by atoms with E-state index < -0.39 is 0 Å². The normalized spacial score (nSPS) is 16.9. The standard InChI is InChI=1S/C21H22N6/c22-19(14-4-2-1-3-5-14)15-7-10-27(11-8-15)21-18-16-6-9-23-12-17(16)26-20(18)24-13-25-21/h1-6,9,12-13,15,19H,7-8,10-11,22H2,(H,24,25,26). The average Bonchev–Trinajstić information content (AvgIpc) is 3.13. The van der Waals surface area contributed by atoms with Gasteiger partial charge in [0.05, 0.1) is 17.1 Å². The number of piperidine rings is 1. The second kappa shape index (κ2) is 6.63. The lowest BCUT2D eigenvalue weighted by molar-refractivity contribution is 0.344. The number of H-pyrrole nitrogens is 1. The van der Waals surface area contributed by atoms with Crippen LogP contribution in [-0.4, -0.2) is 33.0 Å². The van der Waals surface area contributed by atoms with Gasteiger partial charge in [-0.05, 0) is 30.4 Å². The van der Waals surface area contributed by atoms with Crippen LogP contribution < -0.4 is 10.6 Å². The first-order valence-corrected chi connectivity index (χ1v) is 9.43. The molecule has 6 heteroatoms. The number of nitrogens with zero attached hydrogens (tertiary/aromatic N) is 4. The molecule has 136 valence electrons. The van der Waals surface area contributed by atoms with Crippen molar-refractivity contribution < 1.29 is 0 Å². The molecule has 6 nitrogen and oxygen atoms in total. The Balaban J connectivity index is 1.41. The van der Waals surface area contributed by atoms with E-state index in [1.807, 2.05) is 24.5 Å². The lowest BCUT2D eigenvalue weighted by atomic mass is 9.86. The molecule has 1 aliphatic rings. The van der Waals surface area contributed by atoms with Crippen molar-refractivity contribution >= 4 is 27.8 Å². The van der Waals surface area contributed by atoms with Crippen LogP contribution in [0, 0.1) is 5.92 Å². The third kappa shape index (κ3) is 2.82. The van der Waals surface area contributed by atoms with E-state index in [9.17, 15) is 0 Å². The number of fused-ring (bicyclic) bond motifs is 3. The highest BCUT2D eigenvalue weighted by Gasteiger charge is 2.27. The third-order valence-electron chi connectivity index (χ3n) is 5.70. The SMILES string of the molecule is NC(c1ccccc1)C1CCN(c2ncnc3[nH]c4cnccc4c23)CC1. The van der Waals surface area contributed by atoms with E-state index in [4.69, 9.17) is 5.73 Å². The van der Waals surface area contributed by atoms with E-state index in [-0.39, 0.29) is 6.04 Å². The third-order valence-corrected chi connectivity index (χ3v) is 5.70. The number of aromatic nitrogens is 4. The lowest BCUT2D eigenvalue weighted by Crippen LogP contribution is -2.38. The Morgan fingerprint density at radius 3 is 2.70 bits per heavy atom. The monoisotopic (exact) mass is 358 g/mol. The fourth-order valence-electron chi connectivity index (χ4n) is 4.22. The summed E-state index contributed by atoms with van der Waals surface area (Å²) in [5.41, 5.74) is 9.63. The van der Waals surface area contributed by atoms with Gasteiger partial charge in [-0.15, -0.1) is 0 Å². The Hall–Kier alpha value is -2.99. The van der Waals surface area contributed by atoms with E-state index in [1.54, 1.807) is 6.33 Å². The zero-order valence-electron chi connectivity index (χ0n) is 15.0. The molecule has 0 amide bonds. The van der Waals surface area contributed by atoms with Crippen molar-refractivity contribution in [1.29, 1.82) is 0 Å². The molecule has 0 aliphatic carbocycles. The van der Waals surface area contributed by atoms with Crippen molar-refractivity contribution in [3.63, 3.8) is 0 Å². The topological polar surface area (TPSA) is 83.7 Å². The summed E-state index contributed by atoms with van der Waals surface area (Å²) in [4.78, 5) is 19.0. The number of nitrogens with two attached hydrogens (primary N) is 1. The lowest BCUT2D eigenvalue weighted by Gasteiger charge is -2.35. The highest BCUT2D eigenvalue weighted by atomic mass is 15.2. The molecule has 0 radical (unpaired) electrons. The quantitative estimate of drug-likeness (QED) is 0.586. The number of nitrogens with one attached hydrogen (secondary N) is 1. The predicted octanol–water partition coefficient (Wildman–Crippen LogP) is 3.42. The van der Waals surface area contributed by atoms with Crippen LogP contribution >= 0.6 is 0 Å². The van der Waals surface area contributed by atoms with Crippen LogP contribution in [0.3, 0.4) is 0 Å². The number of pyridine rings is 1. The Bertz CT molecular complexity index is 1070. The van der Waals surface area contributed by atoms with Crippen LogP contribution in [0.15, 0.2) is 55.1 Å². The van der Waals surface area contributed by atoms with Gasteiger partial charge in [0, 0.05) is 30.7 Å². The van der Waals surface area contributed by atoms with Crippen molar-refractivity contribution in [1.82, 2.24) is 19.9 Å². The van der Waals surface area contributed by atoms with Crippen molar-refractivity contribution in [2.75, 3.05) is 18.0 Å². The molecule has 0 saturated carbocycles. The number of benzene rings is 1. The molecular formula is C21H22N6. The summed E-state index contributed by atoms with van der Waals surface area (Å²) in [6.07, 6.45) is 7.42. The molecule has 1 aromatic carbocycles. The summed E-state index contributed by atoms with van der Waals surface area (Å²) in [7, 11) is 0. The smallest absolute Gasteiger partial charge is 0.143 e. The molecule has 5 rings (SSSR count). The molecule has 4 aromatic rings. The summed E-state index contributed by atoms with van der Waals surface area (Å²) >= 11 is 0. The average molecular weight is 358 g/mol. The van der Waals surface area contributed by atoms with Gasteiger partial charge in [-0.1, -0.05) is 30.3 Å². The minimum absolute atomic E-state index is 0.0953. The molecule has 1 aliphatic heterocycles. The van der Waals surface area contributed by atoms with Crippen molar-refractivity contribution in [2.24, 2.45) is 11.7 Å². The summed E-state index contributed by atoms with van der Waals surface area (Å²) in [6.45, 7) is 1.91. The van der Waals surface area contributed by atoms with Crippen LogP contribution in [0.4, 0.5) is 5.82 Å². The van der Waals surface area contributed by atoms with Crippen LogP contribution in [0.25, 0.3) is 21.9 Å². The van der Waals surface area contributed by atoms with Crippen molar-refractivity contribution in [3.05, 3.63) is 60.7 Å². The van der Waals surface area contributed by atoms with Crippen LogP contribution in [0.1, 0.15) is 24.4 Å². The fraction of sp³-hybridized carbons (Fsp3) is 0.286. The Kier molecular flexibility index (Phi) is 3.98. The summed E-state index contributed by atoms with van der Waals surface area (Å²) in [6, 6.07) is 12.5. The number of rotatable bonds is 3. The Morgan fingerprint density at radius 1 is 1.07 bits per heavy atom. The molecule has 3 aromatic heterocycles. The van der Waals surface area contributed by atoms with E-state index in [0.717, 1.165) is 53.7 Å². The van der Waals surface area contributed by atoms with Crippen LogP contribution in [-0.2, 0) is 0 Å². The molecule has 4 heterocycles. The first kappa shape index (κ1) is 16.2. The minimum Gasteiger partial charge on any atom is -0.356 e. The molecule has 0 spiro atoms. The van der Waals surface area contributed by atoms with Gasteiger partial charge in [-0.25, -0.2) is 9.97 Å². The highest BCUT2D eigenvalue weighted by Crippen LogP contribution is 2.35. The van der Waals surface area contributed by atoms with Gasteiger partial charge in [-0.3, -0.25) is 4.98 Å². The van der Waals surface area contributed by atoms with E-state index in [1.165, 1.54) is 5.56 Å². The zero-order chi connectivity index (χ0) is 18.2. The van der Waals surface area contributed by atoms with E-state index >= 15 is 0 Å². The van der Waals surface area contributed by atoms with Crippen LogP contribution in [0.5, 0.6) is 0 Å². The first-order chi connectivity index (χ1) is 13.3. The molecule has 1 saturated heterocycles. The Morgan fingerprint density at radius 2 is 1.89 bits per heavy atom. The highest BCUT2D eigenvalue weighted by molar-refractivity contribution is 6.10. The van der Waals surface area contributed by atoms with Crippen molar-refractivity contribution in [2.45, 2.75) is 18.9 Å². The summed E-state index contributed by atoms with van der Waals surface area (Å²) in [5.74, 6) is 1.50. The minimum atomic E-state index is 0.0953. The van der Waals surface area contributed by atoms with Crippen molar-refractivity contribution in [3.8, 4) is 0 Å². The van der Waals surface area contributed by atoms with Gasteiger partial charge in [0.1, 0.15) is 17.8 Å². The van der Waals surface area contributed by atoms with Gasteiger partial charge < -0.3 is 15.6 Å². The second-order valence-electron chi connectivity index (χ2n) is 7.23. The molecule has 1 atom stereocenters. The summed E-state index contributed by atoms with van der Waals surface area (Å²) < 4.78 is 0. The molecular weight excluding hydrogens is 336 g/mol. The Labute approximate surface area is 157 Å². The molecule has 1 fully saturated rings. The summed E-state index contributed by atoms with van der Waals surface area (Å²) in [5, 5.41) is 2.21.